The first-order chi connectivity index (χ1) is 11.6. The van der Waals surface area contributed by atoms with Crippen LogP contribution < -0.4 is 11.1 Å². The lowest BCUT2D eigenvalue weighted by atomic mass is 9.72. The summed E-state index contributed by atoms with van der Waals surface area (Å²) >= 11 is 0. The molecule has 24 heavy (non-hydrogen) atoms. The fourth-order valence-electron chi connectivity index (χ4n) is 3.43. The molecule has 5 nitrogen and oxygen atoms in total. The van der Waals surface area contributed by atoms with E-state index in [-0.39, 0.29) is 17.9 Å². The first kappa shape index (κ1) is 16.7. The van der Waals surface area contributed by atoms with Gasteiger partial charge < -0.3 is 20.2 Å². The highest BCUT2D eigenvalue weighted by atomic mass is 16.5. The van der Waals surface area contributed by atoms with Gasteiger partial charge in [0.1, 0.15) is 12.0 Å². The molecule has 0 bridgehead atoms. The molecule has 0 saturated carbocycles. The lowest BCUT2D eigenvalue weighted by Gasteiger charge is -2.39. The van der Waals surface area contributed by atoms with Gasteiger partial charge in [-0.25, -0.2) is 0 Å². The van der Waals surface area contributed by atoms with Gasteiger partial charge in [0, 0.05) is 25.2 Å². The van der Waals surface area contributed by atoms with E-state index in [2.05, 4.69) is 30.4 Å². The predicted octanol–water partition coefficient (Wildman–Crippen LogP) is 2.52. The van der Waals surface area contributed by atoms with Crippen molar-refractivity contribution < 1.29 is 13.9 Å². The minimum Gasteiger partial charge on any atom is -0.467 e. The molecule has 1 aromatic carbocycles. The number of carbonyl (C=O) groups is 1. The summed E-state index contributed by atoms with van der Waals surface area (Å²) in [6, 6.07) is 10.1. The van der Waals surface area contributed by atoms with E-state index in [4.69, 9.17) is 14.9 Å². The topological polar surface area (TPSA) is 77.5 Å². The van der Waals surface area contributed by atoms with E-state index in [1.807, 2.05) is 6.07 Å². The second-order valence-corrected chi connectivity index (χ2v) is 6.40. The van der Waals surface area contributed by atoms with Crippen molar-refractivity contribution in [1.82, 2.24) is 5.32 Å². The van der Waals surface area contributed by atoms with Crippen LogP contribution in [0.25, 0.3) is 0 Å². The molecule has 3 N–H and O–H groups in total. The number of amides is 1. The van der Waals surface area contributed by atoms with E-state index in [1.54, 1.807) is 6.07 Å². The molecule has 1 amide bonds. The number of nitrogens with one attached hydrogen (secondary N) is 1. The van der Waals surface area contributed by atoms with Gasteiger partial charge in [0.25, 0.3) is 5.91 Å². The third-order valence-electron chi connectivity index (χ3n) is 4.87. The molecule has 0 radical (unpaired) electrons. The minimum absolute atomic E-state index is 0.0836. The minimum atomic E-state index is -0.127. The third-order valence-corrected chi connectivity index (χ3v) is 4.87. The molecule has 5 heteroatoms. The Kier molecular flexibility index (Phi) is 5.02. The Morgan fingerprint density at radius 1 is 1.29 bits per heavy atom. The summed E-state index contributed by atoms with van der Waals surface area (Å²) in [5.41, 5.74) is 8.51. The van der Waals surface area contributed by atoms with Crippen molar-refractivity contribution in [3.63, 3.8) is 0 Å². The average Bonchev–Trinajstić information content (AvgIpc) is 3.10. The van der Waals surface area contributed by atoms with Gasteiger partial charge in [-0.3, -0.25) is 4.79 Å². The number of benzene rings is 1. The molecule has 0 atom stereocenters. The summed E-state index contributed by atoms with van der Waals surface area (Å²) in [5.74, 6) is 0.484. The molecule has 0 spiro atoms. The van der Waals surface area contributed by atoms with Crippen LogP contribution in [0.3, 0.4) is 0 Å². The van der Waals surface area contributed by atoms with Gasteiger partial charge in [-0.15, -0.1) is 0 Å². The van der Waals surface area contributed by atoms with E-state index in [0.717, 1.165) is 12.8 Å². The molecular formula is C19H24N2O3. The highest BCUT2D eigenvalue weighted by Crippen LogP contribution is 2.36. The molecule has 1 aromatic heterocycles. The average molecular weight is 328 g/mol. The Balaban J connectivity index is 1.78. The molecule has 2 heterocycles. The summed E-state index contributed by atoms with van der Waals surface area (Å²) < 4.78 is 10.8. The van der Waals surface area contributed by atoms with Gasteiger partial charge in [0.15, 0.2) is 0 Å². The first-order valence-corrected chi connectivity index (χ1v) is 8.34. The number of hydrogen-bond acceptors (Lipinski definition) is 4. The molecule has 1 aliphatic rings. The second kappa shape index (κ2) is 7.20. The SMILES string of the molecule is Cc1ccccc1C1(CNC(=O)c2coc(CN)c2)CCOCC1. The fourth-order valence-corrected chi connectivity index (χ4v) is 3.43. The summed E-state index contributed by atoms with van der Waals surface area (Å²) in [6.07, 6.45) is 3.26. The zero-order valence-corrected chi connectivity index (χ0v) is 14.0. The molecule has 1 fully saturated rings. The van der Waals surface area contributed by atoms with Crippen LogP contribution in [-0.4, -0.2) is 25.7 Å². The number of ether oxygens (including phenoxy) is 1. The van der Waals surface area contributed by atoms with Crippen molar-refractivity contribution in [2.75, 3.05) is 19.8 Å². The Bertz CT molecular complexity index is 702. The molecule has 0 unspecified atom stereocenters. The Morgan fingerprint density at radius 2 is 2.04 bits per heavy atom. The van der Waals surface area contributed by atoms with E-state index < -0.39 is 0 Å². The van der Waals surface area contributed by atoms with Crippen LogP contribution in [0.15, 0.2) is 41.0 Å². The normalized spacial score (nSPS) is 16.8. The number of nitrogens with two attached hydrogens (primary N) is 1. The number of furan rings is 1. The molecule has 1 aliphatic heterocycles. The third kappa shape index (κ3) is 3.37. The van der Waals surface area contributed by atoms with Crippen molar-refractivity contribution in [2.45, 2.75) is 31.7 Å². The Hall–Kier alpha value is -2.11. The summed E-state index contributed by atoms with van der Waals surface area (Å²) in [6.45, 7) is 4.43. The monoisotopic (exact) mass is 328 g/mol. The maximum Gasteiger partial charge on any atom is 0.254 e. The maximum absolute atomic E-state index is 12.4. The molecule has 1 saturated heterocycles. The van der Waals surface area contributed by atoms with Crippen LogP contribution in [0.5, 0.6) is 0 Å². The quantitative estimate of drug-likeness (QED) is 0.884. The van der Waals surface area contributed by atoms with Gasteiger partial charge >= 0.3 is 0 Å². The first-order valence-electron chi connectivity index (χ1n) is 8.34. The fraction of sp³-hybridized carbons (Fsp3) is 0.421. The second-order valence-electron chi connectivity index (χ2n) is 6.40. The van der Waals surface area contributed by atoms with Crippen LogP contribution in [0, 0.1) is 6.92 Å². The smallest absolute Gasteiger partial charge is 0.254 e. The highest BCUT2D eigenvalue weighted by molar-refractivity contribution is 5.94. The molecular weight excluding hydrogens is 304 g/mol. The van der Waals surface area contributed by atoms with Crippen molar-refractivity contribution in [1.29, 1.82) is 0 Å². The summed E-state index contributed by atoms with van der Waals surface area (Å²) in [7, 11) is 0. The Morgan fingerprint density at radius 3 is 2.71 bits per heavy atom. The highest BCUT2D eigenvalue weighted by Gasteiger charge is 2.36. The summed E-state index contributed by atoms with van der Waals surface area (Å²) in [4.78, 5) is 12.4. The van der Waals surface area contributed by atoms with Gasteiger partial charge in [0.2, 0.25) is 0 Å². The zero-order valence-electron chi connectivity index (χ0n) is 14.0. The van der Waals surface area contributed by atoms with E-state index in [0.29, 0.717) is 31.1 Å². The number of rotatable bonds is 5. The van der Waals surface area contributed by atoms with Crippen LogP contribution in [0.4, 0.5) is 0 Å². The van der Waals surface area contributed by atoms with Gasteiger partial charge in [-0.2, -0.15) is 0 Å². The standard InChI is InChI=1S/C19H24N2O3/c1-14-4-2-3-5-17(14)19(6-8-23-9-7-19)13-21-18(22)15-10-16(11-20)24-12-15/h2-5,10,12H,6-9,11,13,20H2,1H3,(H,21,22). The largest absolute Gasteiger partial charge is 0.467 e. The predicted molar refractivity (Wildman–Crippen MR) is 91.8 cm³/mol. The van der Waals surface area contributed by atoms with E-state index >= 15 is 0 Å². The van der Waals surface area contributed by atoms with Crippen LogP contribution in [0.1, 0.15) is 40.1 Å². The molecule has 3 rings (SSSR count). The van der Waals surface area contributed by atoms with Gasteiger partial charge in [0.05, 0.1) is 12.1 Å². The zero-order chi connectivity index (χ0) is 17.0. The van der Waals surface area contributed by atoms with Crippen molar-refractivity contribution >= 4 is 5.91 Å². The maximum atomic E-state index is 12.4. The molecule has 128 valence electrons. The number of hydrogen-bond donors (Lipinski definition) is 2. The lowest BCUT2D eigenvalue weighted by molar-refractivity contribution is 0.0485. The van der Waals surface area contributed by atoms with Crippen molar-refractivity contribution in [3.8, 4) is 0 Å². The van der Waals surface area contributed by atoms with Crippen molar-refractivity contribution in [2.24, 2.45) is 5.73 Å². The van der Waals surface area contributed by atoms with E-state index in [1.165, 1.54) is 17.4 Å². The Labute approximate surface area is 142 Å². The van der Waals surface area contributed by atoms with Crippen LogP contribution >= 0.6 is 0 Å². The van der Waals surface area contributed by atoms with Crippen LogP contribution in [0.2, 0.25) is 0 Å². The van der Waals surface area contributed by atoms with Gasteiger partial charge in [-0.05, 0) is 37.0 Å². The lowest BCUT2D eigenvalue weighted by Crippen LogP contribution is -2.45. The number of aryl methyl sites for hydroxylation is 1. The van der Waals surface area contributed by atoms with Crippen molar-refractivity contribution in [3.05, 3.63) is 59.0 Å². The van der Waals surface area contributed by atoms with Gasteiger partial charge in [-0.1, -0.05) is 24.3 Å². The molecule has 0 aliphatic carbocycles. The molecule has 2 aromatic rings. The summed E-state index contributed by atoms with van der Waals surface area (Å²) in [5, 5.41) is 3.08. The van der Waals surface area contributed by atoms with E-state index in [9.17, 15) is 4.79 Å². The number of carbonyl (C=O) groups excluding carboxylic acids is 1. The van der Waals surface area contributed by atoms with Crippen LogP contribution in [-0.2, 0) is 16.7 Å².